The highest BCUT2D eigenvalue weighted by molar-refractivity contribution is 6.09. The number of amidine groups is 1. The number of ether oxygens (including phenoxy) is 1. The molecule has 0 saturated carbocycles. The molecule has 5 rings (SSSR count). The van der Waals surface area contributed by atoms with Crippen molar-refractivity contribution in [2.45, 2.75) is 38.7 Å². The van der Waals surface area contributed by atoms with Crippen LogP contribution in [-0.4, -0.2) is 65.3 Å². The summed E-state index contributed by atoms with van der Waals surface area (Å²) in [6, 6.07) is 3.56. The van der Waals surface area contributed by atoms with Gasteiger partial charge in [-0.1, -0.05) is 0 Å². The number of rotatable bonds is 5. The number of amides is 1. The van der Waals surface area contributed by atoms with Crippen LogP contribution in [-0.2, 0) is 23.0 Å². The fourth-order valence-corrected chi connectivity index (χ4v) is 5.01. The molecule has 0 bridgehead atoms. The second-order valence-electron chi connectivity index (χ2n) is 9.40. The van der Waals surface area contributed by atoms with Crippen LogP contribution in [0.4, 0.5) is 14.5 Å². The first kappa shape index (κ1) is 23.5. The van der Waals surface area contributed by atoms with Gasteiger partial charge in [-0.2, -0.15) is 5.10 Å². The maximum Gasteiger partial charge on any atom is 0.264 e. The normalized spacial score (nSPS) is 18.5. The second kappa shape index (κ2) is 9.41. The van der Waals surface area contributed by atoms with Crippen LogP contribution < -0.4 is 10.2 Å². The molecule has 1 aromatic heterocycles. The number of aryl methyl sites for hydroxylation is 2. The highest BCUT2D eigenvalue weighted by Gasteiger charge is 2.32. The van der Waals surface area contributed by atoms with Crippen LogP contribution in [0.5, 0.6) is 0 Å². The summed E-state index contributed by atoms with van der Waals surface area (Å²) in [7, 11) is 1.76. The highest BCUT2D eigenvalue weighted by atomic mass is 19.3. The van der Waals surface area contributed by atoms with Gasteiger partial charge in [-0.15, -0.1) is 0 Å². The van der Waals surface area contributed by atoms with Crippen LogP contribution >= 0.6 is 0 Å². The number of hydrogen-bond acceptors (Lipinski definition) is 5. The lowest BCUT2D eigenvalue weighted by Gasteiger charge is -2.39. The van der Waals surface area contributed by atoms with Gasteiger partial charge in [0, 0.05) is 67.8 Å². The van der Waals surface area contributed by atoms with E-state index in [1.807, 2.05) is 11.0 Å². The lowest BCUT2D eigenvalue weighted by Crippen LogP contribution is -2.50. The van der Waals surface area contributed by atoms with E-state index in [1.165, 1.54) is 13.0 Å². The van der Waals surface area contributed by atoms with Gasteiger partial charge in [0.25, 0.3) is 6.43 Å². The van der Waals surface area contributed by atoms with Crippen molar-refractivity contribution in [3.8, 4) is 11.1 Å². The number of halogens is 2. The number of fused-ring (bicyclic) bond motifs is 1. The van der Waals surface area contributed by atoms with Gasteiger partial charge in [0.2, 0.25) is 5.91 Å². The molecule has 0 atom stereocenters. The zero-order chi connectivity index (χ0) is 24.7. The third-order valence-electron chi connectivity index (χ3n) is 6.98. The van der Waals surface area contributed by atoms with Gasteiger partial charge in [0.1, 0.15) is 5.84 Å². The molecule has 0 radical (unpaired) electrons. The highest BCUT2D eigenvalue weighted by Crippen LogP contribution is 2.39. The van der Waals surface area contributed by atoms with Crippen molar-refractivity contribution in [2.24, 2.45) is 7.05 Å². The molecule has 0 spiro atoms. The monoisotopic (exact) mass is 484 g/mol. The number of aromatic nitrogens is 2. The van der Waals surface area contributed by atoms with Crippen molar-refractivity contribution in [1.29, 1.82) is 5.41 Å². The molecule has 1 fully saturated rings. The molecule has 8 nitrogen and oxygen atoms in total. The van der Waals surface area contributed by atoms with E-state index in [4.69, 9.17) is 10.1 Å². The number of carbonyl (C=O) groups is 1. The molecular formula is C25H30F2N6O2. The molecule has 10 heteroatoms. The molecule has 186 valence electrons. The molecule has 2 aromatic rings. The lowest BCUT2D eigenvalue weighted by molar-refractivity contribution is -0.128. The van der Waals surface area contributed by atoms with Gasteiger partial charge >= 0.3 is 0 Å². The van der Waals surface area contributed by atoms with E-state index in [-0.39, 0.29) is 23.3 Å². The summed E-state index contributed by atoms with van der Waals surface area (Å²) in [5, 5.41) is 16.8. The number of alkyl halides is 2. The lowest BCUT2D eigenvalue weighted by atomic mass is 9.92. The van der Waals surface area contributed by atoms with E-state index in [0.29, 0.717) is 56.1 Å². The Morgan fingerprint density at radius 2 is 2.06 bits per heavy atom. The number of hydrogen-bond donors (Lipinski definition) is 2. The smallest absolute Gasteiger partial charge is 0.264 e. The minimum atomic E-state index is -2.66. The number of anilines is 1. The van der Waals surface area contributed by atoms with E-state index in [9.17, 15) is 13.6 Å². The van der Waals surface area contributed by atoms with Crippen LogP contribution in [0, 0.1) is 5.41 Å². The standard InChI is InChI=1S/C25H30F2N6O2/c1-15(34)32-7-5-22(30-18-13-35-14-18)21(12-32)25(28)33-6-3-4-16-8-19(17-10-29-31(2)11-17)20(24(26)27)9-23(16)33/h8-11,18,24,28,30H,3-7,12-14H2,1-2H3. The largest absolute Gasteiger partial charge is 0.381 e. The zero-order valence-electron chi connectivity index (χ0n) is 20.0. The Morgan fingerprint density at radius 1 is 1.26 bits per heavy atom. The Bertz CT molecular complexity index is 1190. The Hall–Kier alpha value is -3.27. The minimum absolute atomic E-state index is 0.0403. The summed E-state index contributed by atoms with van der Waals surface area (Å²) in [6.07, 6.45) is 2.85. The van der Waals surface area contributed by atoms with E-state index in [2.05, 4.69) is 10.4 Å². The third-order valence-corrected chi connectivity index (χ3v) is 6.98. The second-order valence-corrected chi connectivity index (χ2v) is 9.40. The quantitative estimate of drug-likeness (QED) is 0.503. The van der Waals surface area contributed by atoms with E-state index >= 15 is 0 Å². The molecule has 1 amide bonds. The number of benzene rings is 1. The predicted molar refractivity (Wildman–Crippen MR) is 129 cm³/mol. The van der Waals surface area contributed by atoms with Crippen molar-refractivity contribution >= 4 is 17.4 Å². The molecule has 3 aliphatic heterocycles. The summed E-state index contributed by atoms with van der Waals surface area (Å²) < 4.78 is 35.3. The van der Waals surface area contributed by atoms with Gasteiger partial charge in [-0.3, -0.25) is 14.9 Å². The number of nitrogens with one attached hydrogen (secondary N) is 2. The third kappa shape index (κ3) is 4.54. The van der Waals surface area contributed by atoms with Crippen LogP contribution in [0.1, 0.15) is 37.3 Å². The molecular weight excluding hydrogens is 454 g/mol. The van der Waals surface area contributed by atoms with Crippen molar-refractivity contribution in [3.05, 3.63) is 46.9 Å². The molecule has 35 heavy (non-hydrogen) atoms. The molecule has 3 aliphatic rings. The first-order chi connectivity index (χ1) is 16.8. The summed E-state index contributed by atoms with van der Waals surface area (Å²) >= 11 is 0. The average Bonchev–Trinajstić information content (AvgIpc) is 3.25. The van der Waals surface area contributed by atoms with E-state index in [1.54, 1.807) is 29.0 Å². The Balaban J connectivity index is 1.53. The Labute approximate surface area is 203 Å². The minimum Gasteiger partial charge on any atom is -0.381 e. The first-order valence-electron chi connectivity index (χ1n) is 11.9. The first-order valence-corrected chi connectivity index (χ1v) is 11.9. The maximum atomic E-state index is 14.2. The van der Waals surface area contributed by atoms with Crippen molar-refractivity contribution in [2.75, 3.05) is 37.7 Å². The van der Waals surface area contributed by atoms with Crippen molar-refractivity contribution in [3.63, 3.8) is 0 Å². The summed E-state index contributed by atoms with van der Waals surface area (Å²) in [5.74, 6) is 0.218. The van der Waals surface area contributed by atoms with Crippen molar-refractivity contribution in [1.82, 2.24) is 20.0 Å². The maximum absolute atomic E-state index is 14.2. The van der Waals surface area contributed by atoms with Gasteiger partial charge in [0.15, 0.2) is 0 Å². The SMILES string of the molecule is CC(=O)N1CCC(NC2COC2)=C(C(=N)N2CCCc3cc(-c4cnn(C)c4)c(C(F)F)cc32)C1. The van der Waals surface area contributed by atoms with Gasteiger partial charge in [-0.05, 0) is 36.1 Å². The molecule has 1 aromatic carbocycles. The van der Waals surface area contributed by atoms with Gasteiger partial charge in [0.05, 0.1) is 32.0 Å². The van der Waals surface area contributed by atoms with Gasteiger partial charge in [-0.25, -0.2) is 8.78 Å². The van der Waals surface area contributed by atoms with Crippen LogP contribution in [0.2, 0.25) is 0 Å². The van der Waals surface area contributed by atoms with E-state index in [0.717, 1.165) is 29.7 Å². The van der Waals surface area contributed by atoms with Crippen LogP contribution in [0.25, 0.3) is 11.1 Å². The fourth-order valence-electron chi connectivity index (χ4n) is 5.01. The van der Waals surface area contributed by atoms with Crippen LogP contribution in [0.3, 0.4) is 0 Å². The Kier molecular flexibility index (Phi) is 6.31. The summed E-state index contributed by atoms with van der Waals surface area (Å²) in [6.45, 7) is 4.23. The molecule has 4 heterocycles. The predicted octanol–water partition coefficient (Wildman–Crippen LogP) is 3.25. The average molecular weight is 485 g/mol. The molecule has 0 unspecified atom stereocenters. The topological polar surface area (TPSA) is 86.5 Å². The molecule has 0 aliphatic carbocycles. The Morgan fingerprint density at radius 3 is 2.69 bits per heavy atom. The van der Waals surface area contributed by atoms with Gasteiger partial charge < -0.3 is 19.9 Å². The number of nitrogens with zero attached hydrogens (tertiary/aromatic N) is 4. The summed E-state index contributed by atoms with van der Waals surface area (Å²) in [5.41, 5.74) is 4.32. The fraction of sp³-hybridized carbons (Fsp3) is 0.480. The zero-order valence-corrected chi connectivity index (χ0v) is 20.0. The van der Waals surface area contributed by atoms with E-state index < -0.39 is 6.43 Å². The van der Waals surface area contributed by atoms with Crippen molar-refractivity contribution < 1.29 is 18.3 Å². The number of carbonyl (C=O) groups excluding carboxylic acids is 1. The molecule has 2 N–H and O–H groups in total. The summed E-state index contributed by atoms with van der Waals surface area (Å²) in [4.78, 5) is 15.7. The van der Waals surface area contributed by atoms with Crippen LogP contribution in [0.15, 0.2) is 35.8 Å². The molecule has 1 saturated heterocycles.